The summed E-state index contributed by atoms with van der Waals surface area (Å²) in [6.07, 6.45) is 1.91. The third kappa shape index (κ3) is 5.30. The van der Waals surface area contributed by atoms with Gasteiger partial charge in [-0.25, -0.2) is 4.79 Å². The quantitative estimate of drug-likeness (QED) is 0.699. The van der Waals surface area contributed by atoms with E-state index >= 15 is 0 Å². The summed E-state index contributed by atoms with van der Waals surface area (Å²) in [4.78, 5) is 23.1. The fourth-order valence-electron chi connectivity index (χ4n) is 1.86. The molecule has 1 aromatic rings. The molecule has 0 fully saturated rings. The van der Waals surface area contributed by atoms with Crippen molar-refractivity contribution in [2.24, 2.45) is 0 Å². The maximum atomic E-state index is 11.6. The number of nitrogens with one attached hydrogen (secondary N) is 3. The zero-order valence-electron chi connectivity index (χ0n) is 12.4. The molecular formula is C15H23N3O2. The second kappa shape index (κ2) is 8.19. The van der Waals surface area contributed by atoms with E-state index in [9.17, 15) is 9.59 Å². The van der Waals surface area contributed by atoms with Gasteiger partial charge < -0.3 is 10.6 Å². The van der Waals surface area contributed by atoms with E-state index in [-0.39, 0.29) is 12.5 Å². The average molecular weight is 277 g/mol. The average Bonchev–Trinajstić information content (AvgIpc) is 2.38. The molecule has 0 atom stereocenters. The SMILES string of the molecule is CCCCNC(=O)NC(=O)CNc1c(C)cccc1C. The number of aryl methyl sites for hydroxylation is 2. The van der Waals surface area contributed by atoms with Crippen molar-refractivity contribution in [3.05, 3.63) is 29.3 Å². The molecule has 0 spiro atoms. The molecule has 0 radical (unpaired) electrons. The molecular weight excluding hydrogens is 254 g/mol. The predicted molar refractivity (Wildman–Crippen MR) is 80.9 cm³/mol. The number of carbonyl (C=O) groups excluding carboxylic acids is 2. The maximum absolute atomic E-state index is 11.6. The summed E-state index contributed by atoms with van der Waals surface area (Å²) in [5.41, 5.74) is 3.09. The minimum absolute atomic E-state index is 0.0763. The fraction of sp³-hybridized carbons (Fsp3) is 0.467. The van der Waals surface area contributed by atoms with Crippen LogP contribution in [-0.2, 0) is 4.79 Å². The largest absolute Gasteiger partial charge is 0.376 e. The Morgan fingerprint density at radius 3 is 2.40 bits per heavy atom. The van der Waals surface area contributed by atoms with Crippen molar-refractivity contribution in [2.75, 3.05) is 18.4 Å². The normalized spacial score (nSPS) is 9.95. The summed E-state index contributed by atoms with van der Waals surface area (Å²) in [7, 11) is 0. The minimum atomic E-state index is -0.438. The molecule has 0 bridgehead atoms. The molecule has 0 saturated heterocycles. The van der Waals surface area contributed by atoms with Gasteiger partial charge in [0, 0.05) is 12.2 Å². The van der Waals surface area contributed by atoms with Gasteiger partial charge in [-0.15, -0.1) is 0 Å². The highest BCUT2D eigenvalue weighted by Gasteiger charge is 2.08. The Balaban J connectivity index is 2.38. The van der Waals surface area contributed by atoms with Crippen LogP contribution in [0, 0.1) is 13.8 Å². The Bertz CT molecular complexity index is 452. The highest BCUT2D eigenvalue weighted by Crippen LogP contribution is 2.18. The second-order valence-electron chi connectivity index (χ2n) is 4.78. The van der Waals surface area contributed by atoms with E-state index < -0.39 is 6.03 Å². The first-order chi connectivity index (χ1) is 9.54. The third-order valence-electron chi connectivity index (χ3n) is 2.98. The summed E-state index contributed by atoms with van der Waals surface area (Å²) >= 11 is 0. The van der Waals surface area contributed by atoms with Gasteiger partial charge in [0.1, 0.15) is 0 Å². The van der Waals surface area contributed by atoms with Crippen LogP contribution in [-0.4, -0.2) is 25.0 Å². The Morgan fingerprint density at radius 1 is 1.15 bits per heavy atom. The van der Waals surface area contributed by atoms with Gasteiger partial charge in [0.15, 0.2) is 0 Å². The lowest BCUT2D eigenvalue weighted by molar-refractivity contribution is -0.118. The number of urea groups is 1. The van der Waals surface area contributed by atoms with E-state index in [2.05, 4.69) is 16.0 Å². The van der Waals surface area contributed by atoms with E-state index in [1.54, 1.807) is 0 Å². The Labute approximate surface area is 120 Å². The molecule has 0 aliphatic carbocycles. The minimum Gasteiger partial charge on any atom is -0.376 e. The summed E-state index contributed by atoms with van der Waals surface area (Å²) in [5, 5.41) is 7.99. The lowest BCUT2D eigenvalue weighted by Crippen LogP contribution is -2.42. The number of benzene rings is 1. The van der Waals surface area contributed by atoms with Crippen molar-refractivity contribution in [3.63, 3.8) is 0 Å². The third-order valence-corrected chi connectivity index (χ3v) is 2.98. The molecule has 0 aromatic heterocycles. The number of rotatable bonds is 6. The zero-order chi connectivity index (χ0) is 15.0. The van der Waals surface area contributed by atoms with Gasteiger partial charge in [0.2, 0.25) is 5.91 Å². The molecule has 3 amide bonds. The molecule has 0 unspecified atom stereocenters. The van der Waals surface area contributed by atoms with E-state index in [0.29, 0.717) is 6.54 Å². The molecule has 0 aliphatic heterocycles. The number of carbonyl (C=O) groups is 2. The molecule has 20 heavy (non-hydrogen) atoms. The predicted octanol–water partition coefficient (Wildman–Crippen LogP) is 2.34. The van der Waals surface area contributed by atoms with Crippen molar-refractivity contribution in [1.29, 1.82) is 0 Å². The maximum Gasteiger partial charge on any atom is 0.321 e. The highest BCUT2D eigenvalue weighted by molar-refractivity contribution is 5.96. The van der Waals surface area contributed by atoms with Crippen molar-refractivity contribution >= 4 is 17.6 Å². The lowest BCUT2D eigenvalue weighted by atomic mass is 10.1. The molecule has 1 aromatic carbocycles. The first kappa shape index (κ1) is 16.0. The summed E-state index contributed by atoms with van der Waals surface area (Å²) in [6, 6.07) is 5.48. The van der Waals surface area contributed by atoms with Crippen LogP contribution in [0.3, 0.4) is 0 Å². The Kier molecular flexibility index (Phi) is 6.56. The van der Waals surface area contributed by atoms with Gasteiger partial charge in [0.25, 0.3) is 0 Å². The second-order valence-corrected chi connectivity index (χ2v) is 4.78. The Morgan fingerprint density at radius 2 is 1.80 bits per heavy atom. The van der Waals surface area contributed by atoms with Crippen molar-refractivity contribution < 1.29 is 9.59 Å². The van der Waals surface area contributed by atoms with E-state index in [1.165, 1.54) is 0 Å². The zero-order valence-corrected chi connectivity index (χ0v) is 12.4. The Hall–Kier alpha value is -2.04. The molecule has 3 N–H and O–H groups in total. The van der Waals surface area contributed by atoms with Crippen molar-refractivity contribution in [3.8, 4) is 0 Å². The van der Waals surface area contributed by atoms with E-state index in [4.69, 9.17) is 0 Å². The number of para-hydroxylation sites is 1. The standard InChI is InChI=1S/C15H23N3O2/c1-4-5-9-16-15(20)18-13(19)10-17-14-11(2)7-6-8-12(14)3/h6-8,17H,4-5,9-10H2,1-3H3,(H2,16,18,19,20). The smallest absolute Gasteiger partial charge is 0.321 e. The number of hydrogen-bond donors (Lipinski definition) is 3. The van der Waals surface area contributed by atoms with Gasteiger partial charge in [-0.3, -0.25) is 10.1 Å². The summed E-state index contributed by atoms with van der Waals surface area (Å²) in [6.45, 7) is 6.65. The first-order valence-electron chi connectivity index (χ1n) is 6.92. The molecule has 0 heterocycles. The molecule has 5 heteroatoms. The molecule has 0 aliphatic rings. The summed E-state index contributed by atoms with van der Waals surface area (Å²) in [5.74, 6) is -0.346. The molecule has 5 nitrogen and oxygen atoms in total. The van der Waals surface area contributed by atoms with Crippen LogP contribution in [0.15, 0.2) is 18.2 Å². The molecule has 1 rings (SSSR count). The topological polar surface area (TPSA) is 70.2 Å². The van der Waals surface area contributed by atoms with Crippen LogP contribution in [0.2, 0.25) is 0 Å². The molecule has 110 valence electrons. The van der Waals surface area contributed by atoms with Gasteiger partial charge in [-0.2, -0.15) is 0 Å². The van der Waals surface area contributed by atoms with E-state index in [0.717, 1.165) is 29.7 Å². The fourth-order valence-corrected chi connectivity index (χ4v) is 1.86. The first-order valence-corrected chi connectivity index (χ1v) is 6.92. The number of anilines is 1. The van der Waals surface area contributed by atoms with Crippen LogP contribution < -0.4 is 16.0 Å². The van der Waals surface area contributed by atoms with Gasteiger partial charge in [0.05, 0.1) is 6.54 Å². The van der Waals surface area contributed by atoms with Gasteiger partial charge >= 0.3 is 6.03 Å². The van der Waals surface area contributed by atoms with Crippen LogP contribution in [0.1, 0.15) is 30.9 Å². The van der Waals surface area contributed by atoms with Gasteiger partial charge in [-0.1, -0.05) is 31.5 Å². The number of imide groups is 1. The number of unbranched alkanes of at least 4 members (excludes halogenated alkanes) is 1. The van der Waals surface area contributed by atoms with Crippen molar-refractivity contribution in [2.45, 2.75) is 33.6 Å². The number of amides is 3. The van der Waals surface area contributed by atoms with Gasteiger partial charge in [-0.05, 0) is 31.4 Å². The van der Waals surface area contributed by atoms with E-state index in [1.807, 2.05) is 39.0 Å². The van der Waals surface area contributed by atoms with Crippen LogP contribution >= 0.6 is 0 Å². The van der Waals surface area contributed by atoms with Crippen LogP contribution in [0.25, 0.3) is 0 Å². The lowest BCUT2D eigenvalue weighted by Gasteiger charge is -2.12. The van der Waals surface area contributed by atoms with Crippen LogP contribution in [0.4, 0.5) is 10.5 Å². The van der Waals surface area contributed by atoms with Crippen molar-refractivity contribution in [1.82, 2.24) is 10.6 Å². The highest BCUT2D eigenvalue weighted by atomic mass is 16.2. The number of hydrogen-bond acceptors (Lipinski definition) is 3. The molecule has 0 saturated carbocycles. The summed E-state index contributed by atoms with van der Waals surface area (Å²) < 4.78 is 0. The van der Waals surface area contributed by atoms with Crippen LogP contribution in [0.5, 0.6) is 0 Å². The monoisotopic (exact) mass is 277 g/mol.